The smallest absolute Gasteiger partial charge is 0.321 e. The first-order valence-electron chi connectivity index (χ1n) is 7.81. The maximum atomic E-state index is 11.7. The Morgan fingerprint density at radius 3 is 2.20 bits per heavy atom. The predicted molar refractivity (Wildman–Crippen MR) is 90.2 cm³/mol. The maximum absolute atomic E-state index is 11.7. The molecule has 0 spiro atoms. The van der Waals surface area contributed by atoms with Crippen LogP contribution in [-0.2, 0) is 9.59 Å². The quantitative estimate of drug-likeness (QED) is 0.568. The van der Waals surface area contributed by atoms with Crippen molar-refractivity contribution in [2.24, 2.45) is 17.4 Å². The fourth-order valence-corrected chi connectivity index (χ4v) is 3.09. The van der Waals surface area contributed by atoms with Crippen LogP contribution in [0.3, 0.4) is 0 Å². The van der Waals surface area contributed by atoms with E-state index in [9.17, 15) is 19.5 Å². The average molecular weight is 350 g/mol. The maximum Gasteiger partial charge on any atom is 0.321 e. The molecule has 1 saturated heterocycles. The molecule has 2 rings (SSSR count). The van der Waals surface area contributed by atoms with Crippen molar-refractivity contribution in [2.45, 2.75) is 19.0 Å². The standard InChI is InChI=1S/C16H22N4O5/c1-9-2-4-10(5-3-9)19-6-7-20(16(18)25)11(8-19)12(14(21)22)13(17)15(23)24/h2-5,11-13H,6-8,17H2,1H3,(H2,18,25)(H,21,22)(H,23,24)/t11?,12?,13-/m0/s1. The van der Waals surface area contributed by atoms with Crippen molar-refractivity contribution in [2.75, 3.05) is 24.5 Å². The van der Waals surface area contributed by atoms with Crippen LogP contribution in [0.2, 0.25) is 0 Å². The van der Waals surface area contributed by atoms with Crippen LogP contribution in [0.1, 0.15) is 5.56 Å². The number of nitrogens with two attached hydrogens (primary N) is 2. The number of aryl methyl sites for hydroxylation is 1. The van der Waals surface area contributed by atoms with Gasteiger partial charge in [0.1, 0.15) is 12.0 Å². The van der Waals surface area contributed by atoms with Gasteiger partial charge in [-0.15, -0.1) is 0 Å². The molecule has 9 nitrogen and oxygen atoms in total. The molecule has 1 aliphatic heterocycles. The summed E-state index contributed by atoms with van der Waals surface area (Å²) in [5.74, 6) is -4.29. The van der Waals surface area contributed by atoms with E-state index in [0.29, 0.717) is 6.54 Å². The second kappa shape index (κ2) is 7.39. The summed E-state index contributed by atoms with van der Waals surface area (Å²) in [5.41, 5.74) is 12.9. The molecular weight excluding hydrogens is 328 g/mol. The lowest BCUT2D eigenvalue weighted by atomic mass is 9.89. The van der Waals surface area contributed by atoms with Crippen molar-refractivity contribution in [1.29, 1.82) is 0 Å². The van der Waals surface area contributed by atoms with E-state index in [1.165, 1.54) is 4.90 Å². The highest BCUT2D eigenvalue weighted by atomic mass is 16.4. The van der Waals surface area contributed by atoms with Gasteiger partial charge in [-0.2, -0.15) is 0 Å². The molecule has 0 bridgehead atoms. The molecule has 9 heteroatoms. The van der Waals surface area contributed by atoms with E-state index in [1.807, 2.05) is 36.1 Å². The number of aliphatic carboxylic acids is 2. The Kier molecular flexibility index (Phi) is 5.48. The van der Waals surface area contributed by atoms with Gasteiger partial charge < -0.3 is 31.5 Å². The van der Waals surface area contributed by atoms with Crippen molar-refractivity contribution in [3.63, 3.8) is 0 Å². The van der Waals surface area contributed by atoms with Gasteiger partial charge in [0.2, 0.25) is 0 Å². The Labute approximate surface area is 144 Å². The summed E-state index contributed by atoms with van der Waals surface area (Å²) in [4.78, 5) is 37.7. The molecular formula is C16H22N4O5. The Hall–Kier alpha value is -2.81. The zero-order chi connectivity index (χ0) is 18.7. The lowest BCUT2D eigenvalue weighted by Gasteiger charge is -2.44. The minimum absolute atomic E-state index is 0.129. The van der Waals surface area contributed by atoms with Crippen LogP contribution in [0.4, 0.5) is 10.5 Å². The molecule has 0 radical (unpaired) electrons. The third kappa shape index (κ3) is 4.00. The molecule has 6 N–H and O–H groups in total. The number of carboxylic acid groups (broad SMARTS) is 2. The Morgan fingerprint density at radius 2 is 1.72 bits per heavy atom. The van der Waals surface area contributed by atoms with E-state index in [1.54, 1.807) is 0 Å². The van der Waals surface area contributed by atoms with Crippen LogP contribution < -0.4 is 16.4 Å². The summed E-state index contributed by atoms with van der Waals surface area (Å²) in [6.07, 6.45) is 0. The predicted octanol–water partition coefficient (Wildman–Crippen LogP) is -0.323. The fourth-order valence-electron chi connectivity index (χ4n) is 3.09. The summed E-state index contributed by atoms with van der Waals surface area (Å²) in [6, 6.07) is 4.22. The van der Waals surface area contributed by atoms with E-state index in [4.69, 9.17) is 16.6 Å². The zero-order valence-electron chi connectivity index (χ0n) is 13.8. The minimum atomic E-state index is -1.65. The molecule has 1 aromatic carbocycles. The van der Waals surface area contributed by atoms with Crippen LogP contribution in [0, 0.1) is 12.8 Å². The summed E-state index contributed by atoms with van der Waals surface area (Å²) in [5, 5.41) is 18.6. The van der Waals surface area contributed by atoms with E-state index in [2.05, 4.69) is 0 Å². The van der Waals surface area contributed by atoms with Crippen molar-refractivity contribution in [3.05, 3.63) is 29.8 Å². The lowest BCUT2D eigenvalue weighted by Crippen LogP contribution is -2.64. The average Bonchev–Trinajstić information content (AvgIpc) is 2.55. The summed E-state index contributed by atoms with van der Waals surface area (Å²) < 4.78 is 0. The third-order valence-electron chi connectivity index (χ3n) is 4.47. The van der Waals surface area contributed by atoms with Crippen LogP contribution >= 0.6 is 0 Å². The minimum Gasteiger partial charge on any atom is -0.481 e. The van der Waals surface area contributed by atoms with Gasteiger partial charge >= 0.3 is 18.0 Å². The van der Waals surface area contributed by atoms with E-state index in [-0.39, 0.29) is 13.1 Å². The molecule has 136 valence electrons. The van der Waals surface area contributed by atoms with Gasteiger partial charge in [-0.25, -0.2) is 4.79 Å². The van der Waals surface area contributed by atoms with Crippen molar-refractivity contribution >= 4 is 23.7 Å². The second-order valence-electron chi connectivity index (χ2n) is 6.11. The molecule has 0 aromatic heterocycles. The van der Waals surface area contributed by atoms with Crippen molar-refractivity contribution < 1.29 is 24.6 Å². The normalized spacial score (nSPS) is 20.0. The number of piperazine rings is 1. The number of urea groups is 1. The van der Waals surface area contributed by atoms with Crippen LogP contribution in [0.5, 0.6) is 0 Å². The highest BCUT2D eigenvalue weighted by molar-refractivity contribution is 5.84. The Bertz CT molecular complexity index is 663. The van der Waals surface area contributed by atoms with Crippen LogP contribution in [-0.4, -0.2) is 64.8 Å². The number of carbonyl (C=O) groups excluding carboxylic acids is 1. The SMILES string of the molecule is Cc1ccc(N2CCN(C(N)=O)C(C(C(=O)O)[C@H](N)C(=O)O)C2)cc1. The zero-order valence-corrected chi connectivity index (χ0v) is 13.8. The highest BCUT2D eigenvalue weighted by Gasteiger charge is 2.44. The van der Waals surface area contributed by atoms with Gasteiger partial charge in [-0.1, -0.05) is 17.7 Å². The molecule has 1 aromatic rings. The van der Waals surface area contributed by atoms with Crippen molar-refractivity contribution in [3.8, 4) is 0 Å². The first kappa shape index (κ1) is 18.5. The second-order valence-corrected chi connectivity index (χ2v) is 6.11. The highest BCUT2D eigenvalue weighted by Crippen LogP contribution is 2.25. The Morgan fingerprint density at radius 1 is 1.12 bits per heavy atom. The topological polar surface area (TPSA) is 150 Å². The summed E-state index contributed by atoms with van der Waals surface area (Å²) >= 11 is 0. The molecule has 2 amide bonds. The molecule has 0 aliphatic carbocycles. The van der Waals surface area contributed by atoms with Crippen molar-refractivity contribution in [1.82, 2.24) is 4.90 Å². The number of hydrogen-bond acceptors (Lipinski definition) is 5. The number of carbonyl (C=O) groups is 3. The monoisotopic (exact) mass is 350 g/mol. The largest absolute Gasteiger partial charge is 0.481 e. The molecule has 3 atom stereocenters. The van der Waals surface area contributed by atoms with Crippen LogP contribution in [0.25, 0.3) is 0 Å². The number of carboxylic acids is 2. The van der Waals surface area contributed by atoms with E-state index in [0.717, 1.165) is 11.3 Å². The number of benzene rings is 1. The molecule has 2 unspecified atom stereocenters. The number of hydrogen-bond donors (Lipinski definition) is 4. The number of amides is 2. The van der Waals surface area contributed by atoms with Gasteiger partial charge in [-0.05, 0) is 19.1 Å². The van der Waals surface area contributed by atoms with Gasteiger partial charge in [0, 0.05) is 25.3 Å². The summed E-state index contributed by atoms with van der Waals surface area (Å²) in [7, 11) is 0. The third-order valence-corrected chi connectivity index (χ3v) is 4.47. The number of rotatable bonds is 5. The molecule has 1 heterocycles. The molecule has 25 heavy (non-hydrogen) atoms. The van der Waals surface area contributed by atoms with Crippen LogP contribution in [0.15, 0.2) is 24.3 Å². The van der Waals surface area contributed by atoms with Gasteiger partial charge in [0.05, 0.1) is 6.04 Å². The van der Waals surface area contributed by atoms with E-state index >= 15 is 0 Å². The lowest BCUT2D eigenvalue weighted by molar-refractivity contribution is -0.152. The molecule has 1 aliphatic rings. The number of primary amides is 1. The molecule has 1 fully saturated rings. The first-order chi connectivity index (χ1) is 11.7. The van der Waals surface area contributed by atoms with E-state index < -0.39 is 36.0 Å². The van der Waals surface area contributed by atoms with Gasteiger partial charge in [0.25, 0.3) is 0 Å². The summed E-state index contributed by atoms with van der Waals surface area (Å²) in [6.45, 7) is 2.72. The fraction of sp³-hybridized carbons (Fsp3) is 0.438. The first-order valence-corrected chi connectivity index (χ1v) is 7.81. The molecule has 0 saturated carbocycles. The number of nitrogens with zero attached hydrogens (tertiary/aromatic N) is 2. The number of anilines is 1. The Balaban J connectivity index is 2.34. The van der Waals surface area contributed by atoms with Gasteiger partial charge in [-0.3, -0.25) is 9.59 Å². The van der Waals surface area contributed by atoms with Gasteiger partial charge in [0.15, 0.2) is 0 Å².